The molecular formula is C10H19O10P. The molecule has 0 aromatic carbocycles. The van der Waals surface area contributed by atoms with Gasteiger partial charge in [0.2, 0.25) is 12.6 Å². The van der Waals surface area contributed by atoms with Crippen LogP contribution in [0.25, 0.3) is 0 Å². The van der Waals surface area contributed by atoms with Crippen molar-refractivity contribution < 1.29 is 47.4 Å². The van der Waals surface area contributed by atoms with Crippen molar-refractivity contribution in [1.29, 1.82) is 0 Å². The van der Waals surface area contributed by atoms with Crippen LogP contribution >= 0.6 is 7.82 Å². The Balaban J connectivity index is 4.96. The lowest BCUT2D eigenvalue weighted by Crippen LogP contribution is -2.25. The zero-order chi connectivity index (χ0) is 16.8. The first-order chi connectivity index (χ1) is 9.33. The molecule has 0 aliphatic carbocycles. The highest BCUT2D eigenvalue weighted by Gasteiger charge is 2.38. The van der Waals surface area contributed by atoms with Crippen LogP contribution in [-0.4, -0.2) is 40.7 Å². The molecule has 10 nitrogen and oxygen atoms in total. The molecule has 124 valence electrons. The SMILES string of the molecule is CC(OC(=O)O)OP(=O)(OC(C)OC(=O)O)OC(C)(C)C. The largest absolute Gasteiger partial charge is 0.508 e. The third-order valence-electron chi connectivity index (χ3n) is 1.47. The highest BCUT2D eigenvalue weighted by Crippen LogP contribution is 2.54. The topological polar surface area (TPSA) is 138 Å². The molecule has 0 aromatic rings. The Morgan fingerprint density at radius 3 is 1.52 bits per heavy atom. The lowest BCUT2D eigenvalue weighted by atomic mass is 10.2. The lowest BCUT2D eigenvalue weighted by molar-refractivity contribution is -0.104. The summed E-state index contributed by atoms with van der Waals surface area (Å²) in [5, 5.41) is 16.9. The Morgan fingerprint density at radius 2 is 1.29 bits per heavy atom. The number of phosphoric acid groups is 1. The zero-order valence-electron chi connectivity index (χ0n) is 12.3. The van der Waals surface area contributed by atoms with Crippen molar-refractivity contribution in [3.8, 4) is 0 Å². The predicted molar refractivity (Wildman–Crippen MR) is 67.8 cm³/mol. The molecule has 0 bridgehead atoms. The number of carboxylic acid groups (broad SMARTS) is 2. The first kappa shape index (κ1) is 19.7. The summed E-state index contributed by atoms with van der Waals surface area (Å²) in [6, 6.07) is 0. The molecule has 0 spiro atoms. The van der Waals surface area contributed by atoms with Crippen LogP contribution in [0.4, 0.5) is 9.59 Å². The second-order valence-corrected chi connectivity index (χ2v) is 6.26. The summed E-state index contributed by atoms with van der Waals surface area (Å²) < 4.78 is 35.6. The maximum Gasteiger partial charge on any atom is 0.508 e. The van der Waals surface area contributed by atoms with Crippen molar-refractivity contribution in [2.24, 2.45) is 0 Å². The average molecular weight is 330 g/mol. The Morgan fingerprint density at radius 1 is 0.952 bits per heavy atom. The summed E-state index contributed by atoms with van der Waals surface area (Å²) in [6.07, 6.45) is -6.24. The van der Waals surface area contributed by atoms with E-state index in [2.05, 4.69) is 9.47 Å². The van der Waals surface area contributed by atoms with Crippen molar-refractivity contribution in [3.05, 3.63) is 0 Å². The fourth-order valence-corrected chi connectivity index (χ4v) is 2.71. The van der Waals surface area contributed by atoms with Crippen LogP contribution in [0.1, 0.15) is 34.6 Å². The maximum atomic E-state index is 12.4. The Hall–Kier alpha value is -1.35. The van der Waals surface area contributed by atoms with Gasteiger partial charge in [-0.15, -0.1) is 0 Å². The van der Waals surface area contributed by atoms with E-state index < -0.39 is 38.3 Å². The van der Waals surface area contributed by atoms with Gasteiger partial charge < -0.3 is 19.7 Å². The van der Waals surface area contributed by atoms with Gasteiger partial charge in [-0.3, -0.25) is 4.52 Å². The van der Waals surface area contributed by atoms with Gasteiger partial charge in [0.15, 0.2) is 0 Å². The van der Waals surface area contributed by atoms with Gasteiger partial charge in [-0.1, -0.05) is 0 Å². The molecule has 0 amide bonds. The van der Waals surface area contributed by atoms with Crippen molar-refractivity contribution in [2.75, 3.05) is 0 Å². The number of rotatable bonds is 7. The number of phosphoric ester groups is 1. The van der Waals surface area contributed by atoms with Crippen molar-refractivity contribution in [1.82, 2.24) is 0 Å². The standard InChI is InChI=1S/C10H19O10P/c1-6(16-8(11)12)18-21(15,20-10(3,4)5)19-7(2)17-9(13)14/h6-7H,1-5H3,(H,11,12)(H,13,14). The first-order valence-electron chi connectivity index (χ1n) is 5.80. The number of carbonyl (C=O) groups is 2. The van der Waals surface area contributed by atoms with Gasteiger partial charge in [-0.25, -0.2) is 23.2 Å². The Labute approximate surface area is 121 Å². The van der Waals surface area contributed by atoms with Crippen LogP contribution in [0, 0.1) is 0 Å². The Kier molecular flexibility index (Phi) is 7.11. The van der Waals surface area contributed by atoms with Crippen molar-refractivity contribution >= 4 is 20.1 Å². The summed E-state index contributed by atoms with van der Waals surface area (Å²) in [6.45, 7) is 6.92. The summed E-state index contributed by atoms with van der Waals surface area (Å²) in [7, 11) is -4.34. The molecule has 0 aliphatic heterocycles. The summed E-state index contributed by atoms with van der Waals surface area (Å²) >= 11 is 0. The third-order valence-corrected chi connectivity index (χ3v) is 3.36. The molecule has 0 saturated heterocycles. The number of hydrogen-bond acceptors (Lipinski definition) is 8. The molecule has 0 rings (SSSR count). The number of hydrogen-bond donors (Lipinski definition) is 2. The van der Waals surface area contributed by atoms with Crippen LogP contribution in [0.5, 0.6) is 0 Å². The van der Waals surface area contributed by atoms with E-state index in [4.69, 9.17) is 23.8 Å². The van der Waals surface area contributed by atoms with Gasteiger partial charge in [0.05, 0.1) is 5.60 Å². The molecule has 0 heterocycles. The van der Waals surface area contributed by atoms with Gasteiger partial charge in [0, 0.05) is 0 Å². The van der Waals surface area contributed by atoms with E-state index in [1.54, 1.807) is 0 Å². The molecule has 2 unspecified atom stereocenters. The monoisotopic (exact) mass is 330 g/mol. The molecule has 0 saturated carbocycles. The summed E-state index contributed by atoms with van der Waals surface area (Å²) in [4.78, 5) is 20.7. The zero-order valence-corrected chi connectivity index (χ0v) is 13.2. The van der Waals surface area contributed by atoms with Gasteiger partial charge in [-0.05, 0) is 34.6 Å². The van der Waals surface area contributed by atoms with E-state index in [0.717, 1.165) is 13.8 Å². The lowest BCUT2D eigenvalue weighted by Gasteiger charge is -2.28. The molecule has 0 aromatic heterocycles. The maximum absolute atomic E-state index is 12.4. The molecule has 2 atom stereocenters. The second-order valence-electron chi connectivity index (χ2n) is 4.76. The summed E-state index contributed by atoms with van der Waals surface area (Å²) in [5.41, 5.74) is -0.985. The molecule has 2 N–H and O–H groups in total. The van der Waals surface area contributed by atoms with Crippen LogP contribution in [0.15, 0.2) is 0 Å². The van der Waals surface area contributed by atoms with Crippen LogP contribution in [0.3, 0.4) is 0 Å². The molecule has 11 heteroatoms. The van der Waals surface area contributed by atoms with Crippen molar-refractivity contribution in [3.63, 3.8) is 0 Å². The highest BCUT2D eigenvalue weighted by atomic mass is 31.2. The quantitative estimate of drug-likeness (QED) is 0.407. The van der Waals surface area contributed by atoms with E-state index in [9.17, 15) is 14.2 Å². The molecular weight excluding hydrogens is 311 g/mol. The molecule has 0 fully saturated rings. The van der Waals surface area contributed by atoms with Crippen LogP contribution < -0.4 is 0 Å². The number of ether oxygens (including phenoxy) is 2. The van der Waals surface area contributed by atoms with Crippen molar-refractivity contribution in [2.45, 2.75) is 52.8 Å². The third kappa shape index (κ3) is 10.1. The van der Waals surface area contributed by atoms with Gasteiger partial charge in [-0.2, -0.15) is 0 Å². The van der Waals surface area contributed by atoms with Crippen LogP contribution in [0.2, 0.25) is 0 Å². The van der Waals surface area contributed by atoms with E-state index in [-0.39, 0.29) is 0 Å². The Bertz CT molecular complexity index is 387. The average Bonchev–Trinajstić information content (AvgIpc) is 2.07. The predicted octanol–water partition coefficient (Wildman–Crippen LogP) is 3.02. The van der Waals surface area contributed by atoms with Gasteiger partial charge >= 0.3 is 20.1 Å². The van der Waals surface area contributed by atoms with Gasteiger partial charge in [0.25, 0.3) is 0 Å². The van der Waals surface area contributed by atoms with E-state index in [1.165, 1.54) is 20.8 Å². The second kappa shape index (κ2) is 7.60. The van der Waals surface area contributed by atoms with E-state index in [0.29, 0.717) is 0 Å². The molecule has 0 aliphatic rings. The normalized spacial score (nSPS) is 17.4. The minimum absolute atomic E-state index is 0.985. The minimum Gasteiger partial charge on any atom is -0.450 e. The highest BCUT2D eigenvalue weighted by molar-refractivity contribution is 7.48. The smallest absolute Gasteiger partial charge is 0.450 e. The van der Waals surface area contributed by atoms with Gasteiger partial charge in [0.1, 0.15) is 0 Å². The fourth-order valence-electron chi connectivity index (χ4n) is 1.09. The van der Waals surface area contributed by atoms with Crippen LogP contribution in [-0.2, 0) is 27.6 Å². The van der Waals surface area contributed by atoms with E-state index >= 15 is 0 Å². The van der Waals surface area contributed by atoms with E-state index in [1.807, 2.05) is 0 Å². The molecule has 0 radical (unpaired) electrons. The summed E-state index contributed by atoms with van der Waals surface area (Å²) in [5.74, 6) is 0. The first-order valence-corrected chi connectivity index (χ1v) is 7.26. The fraction of sp³-hybridized carbons (Fsp3) is 0.800. The minimum atomic E-state index is -4.34. The molecule has 21 heavy (non-hydrogen) atoms.